The van der Waals surface area contributed by atoms with Crippen molar-refractivity contribution in [2.24, 2.45) is 0 Å². The maximum Gasteiger partial charge on any atom is 0.306 e. The third-order valence-corrected chi connectivity index (χ3v) is 14.7. The van der Waals surface area contributed by atoms with Gasteiger partial charge >= 0.3 is 11.9 Å². The van der Waals surface area contributed by atoms with Crippen LogP contribution in [0, 0.1) is 0 Å². The first-order chi connectivity index (χ1) is 38.6. The molecule has 0 spiro atoms. The molecule has 2 unspecified atom stereocenters. The average Bonchev–Trinajstić information content (AvgIpc) is 3.42. The number of likely N-dealkylation sites (N-methyl/N-ethyl adjacent to an activating group) is 1. The Balaban J connectivity index is 3.94. The number of rotatable bonds is 62. The first kappa shape index (κ1) is 76.0. The highest BCUT2D eigenvalue weighted by atomic mass is 16.7. The number of hydrogen-bond donors (Lipinski definition) is 0. The van der Waals surface area contributed by atoms with Crippen molar-refractivity contribution in [1.29, 1.82) is 0 Å². The van der Waals surface area contributed by atoms with Crippen LogP contribution in [-0.2, 0) is 33.3 Å². The molecule has 0 aromatic heterocycles. The van der Waals surface area contributed by atoms with Gasteiger partial charge in [0, 0.05) is 12.8 Å². The van der Waals surface area contributed by atoms with Crippen molar-refractivity contribution in [2.75, 3.05) is 47.5 Å². The molecule has 0 amide bonds. The number of carbonyl (C=O) groups excluding carboxylic acids is 3. The highest BCUT2D eigenvalue weighted by Gasteiger charge is 2.22. The number of aliphatic carboxylic acids is 1. The zero-order chi connectivity index (χ0) is 57.6. The van der Waals surface area contributed by atoms with Gasteiger partial charge in [0.15, 0.2) is 12.4 Å². The lowest BCUT2D eigenvalue weighted by Crippen LogP contribution is -2.44. The van der Waals surface area contributed by atoms with Crippen LogP contribution in [0.2, 0.25) is 0 Å². The Labute approximate surface area is 488 Å². The summed E-state index contributed by atoms with van der Waals surface area (Å²) in [6, 6.07) is 0. The predicted octanol–water partition coefficient (Wildman–Crippen LogP) is 19.0. The molecule has 9 heteroatoms. The van der Waals surface area contributed by atoms with Crippen LogP contribution in [0.5, 0.6) is 0 Å². The molecule has 0 rings (SSSR count). The molecule has 0 heterocycles. The van der Waals surface area contributed by atoms with Crippen LogP contribution in [0.3, 0.4) is 0 Å². The molecule has 0 N–H and O–H groups in total. The number of carbonyl (C=O) groups is 3. The Hall–Kier alpha value is -3.01. The van der Waals surface area contributed by atoms with Crippen molar-refractivity contribution >= 4 is 17.9 Å². The van der Waals surface area contributed by atoms with E-state index in [-0.39, 0.29) is 38.6 Å². The van der Waals surface area contributed by atoms with Crippen LogP contribution in [0.15, 0.2) is 60.8 Å². The van der Waals surface area contributed by atoms with E-state index in [1.54, 1.807) is 0 Å². The third-order valence-electron chi connectivity index (χ3n) is 14.7. The average molecular weight is 1110 g/mol. The molecule has 0 aromatic rings. The third kappa shape index (κ3) is 62.4. The van der Waals surface area contributed by atoms with Crippen LogP contribution in [0.25, 0.3) is 0 Å². The van der Waals surface area contributed by atoms with Crippen LogP contribution in [0.4, 0.5) is 0 Å². The molecule has 0 saturated carbocycles. The highest BCUT2D eigenvalue weighted by molar-refractivity contribution is 5.70. The second kappa shape index (κ2) is 61.1. The lowest BCUT2D eigenvalue weighted by Gasteiger charge is -2.26. The molecule has 79 heavy (non-hydrogen) atoms. The molecule has 460 valence electrons. The minimum absolute atomic E-state index is 0.139. The van der Waals surface area contributed by atoms with Crippen LogP contribution in [-0.4, -0.2) is 82.3 Å². The van der Waals surface area contributed by atoms with Gasteiger partial charge < -0.3 is 33.3 Å². The molecule has 2 atom stereocenters. The summed E-state index contributed by atoms with van der Waals surface area (Å²) in [6.07, 6.45) is 76.3. The molecule has 0 saturated heterocycles. The van der Waals surface area contributed by atoms with E-state index in [0.29, 0.717) is 17.4 Å². The van der Waals surface area contributed by atoms with Crippen LogP contribution < -0.4 is 5.11 Å². The van der Waals surface area contributed by atoms with Crippen molar-refractivity contribution in [3.05, 3.63) is 60.8 Å². The Bertz CT molecular complexity index is 1480. The van der Waals surface area contributed by atoms with Crippen LogP contribution in [0.1, 0.15) is 309 Å². The fourth-order valence-electron chi connectivity index (χ4n) is 9.64. The summed E-state index contributed by atoms with van der Waals surface area (Å²) in [5.74, 6) is -2.33. The minimum atomic E-state index is -1.63. The van der Waals surface area contributed by atoms with E-state index in [2.05, 4.69) is 74.6 Å². The Kier molecular flexibility index (Phi) is 58.7. The fraction of sp³-hybridized carbons (Fsp3) is 0.814. The first-order valence-corrected chi connectivity index (χ1v) is 33.4. The van der Waals surface area contributed by atoms with Crippen LogP contribution >= 0.6 is 0 Å². The molecule has 0 fully saturated rings. The minimum Gasteiger partial charge on any atom is -0.545 e. The van der Waals surface area contributed by atoms with E-state index in [1.165, 1.54) is 218 Å². The molecular weight excluding hydrogens is 983 g/mol. The Morgan fingerprint density at radius 1 is 0.392 bits per heavy atom. The van der Waals surface area contributed by atoms with Gasteiger partial charge in [-0.15, -0.1) is 0 Å². The van der Waals surface area contributed by atoms with Gasteiger partial charge in [0.2, 0.25) is 0 Å². The number of carboxylic acids is 1. The normalized spacial score (nSPS) is 13.1. The van der Waals surface area contributed by atoms with E-state index in [9.17, 15) is 19.5 Å². The summed E-state index contributed by atoms with van der Waals surface area (Å²) < 4.78 is 22.7. The summed E-state index contributed by atoms with van der Waals surface area (Å²) >= 11 is 0. The molecule has 0 aliphatic heterocycles. The number of esters is 2. The van der Waals surface area contributed by atoms with E-state index in [0.717, 1.165) is 57.8 Å². The SMILES string of the molecule is CC/C=C\C/C=C\C/C=C\C/C=C\CCCCC(=O)OC(COC(=O)CCCCCCCCCCCCCCCCCCCCCCCCCCCCC/C=C\CCCCCCCCCC)COC(OCC[N+](C)(C)C)C(=O)[O-]. The molecule has 0 radical (unpaired) electrons. The molecule has 0 aromatic carbocycles. The molecule has 0 bridgehead atoms. The number of hydrogen-bond acceptors (Lipinski definition) is 8. The lowest BCUT2D eigenvalue weighted by atomic mass is 10.0. The second-order valence-corrected chi connectivity index (χ2v) is 23.7. The largest absolute Gasteiger partial charge is 0.545 e. The van der Waals surface area contributed by atoms with E-state index in [1.807, 2.05) is 21.1 Å². The second-order valence-electron chi connectivity index (χ2n) is 23.7. The predicted molar refractivity (Wildman–Crippen MR) is 334 cm³/mol. The van der Waals surface area contributed by atoms with Gasteiger partial charge in [-0.3, -0.25) is 9.59 Å². The molecule has 0 aliphatic carbocycles. The summed E-state index contributed by atoms with van der Waals surface area (Å²) in [5, 5.41) is 11.8. The van der Waals surface area contributed by atoms with Gasteiger partial charge in [-0.2, -0.15) is 0 Å². The van der Waals surface area contributed by atoms with Crippen molar-refractivity contribution in [3.63, 3.8) is 0 Å². The number of unbranched alkanes of at least 4 members (excludes halogenated alkanes) is 37. The van der Waals surface area contributed by atoms with Crippen molar-refractivity contribution < 1.29 is 42.9 Å². The quantitative estimate of drug-likeness (QED) is 0.0195. The monoisotopic (exact) mass is 1110 g/mol. The topological polar surface area (TPSA) is 111 Å². The number of carboxylic acid groups (broad SMARTS) is 1. The smallest absolute Gasteiger partial charge is 0.306 e. The van der Waals surface area contributed by atoms with E-state index < -0.39 is 24.3 Å². The maximum absolute atomic E-state index is 12.8. The van der Waals surface area contributed by atoms with Gasteiger partial charge in [0.05, 0.1) is 40.3 Å². The van der Waals surface area contributed by atoms with Gasteiger partial charge in [-0.1, -0.05) is 280 Å². The lowest BCUT2D eigenvalue weighted by molar-refractivity contribution is -0.870. The summed E-state index contributed by atoms with van der Waals surface area (Å²) in [4.78, 5) is 37.3. The summed E-state index contributed by atoms with van der Waals surface area (Å²) in [6.45, 7) is 4.61. The molecular formula is C70H127NO8. The van der Waals surface area contributed by atoms with Crippen molar-refractivity contribution in [2.45, 2.75) is 322 Å². The number of quaternary nitrogens is 1. The standard InChI is InChI=1S/C70H127NO8/c1-6-8-10-12-14-16-18-20-22-23-24-25-26-27-28-29-30-31-32-33-34-35-36-37-38-39-40-41-42-43-44-45-47-48-50-52-54-56-58-60-67(72)77-64-66(65-78-70(69(74)75)76-63-62-71(3,4)5)79-68(73)61-59-57-55-53-51-49-46-21-19-17-15-13-11-9-7-2/h9,11,15,17,21,23-24,46,51,53,66,70H,6-8,10,12-14,16,18-20,22,25-45,47-50,52,54-65H2,1-5H3/b11-9-,17-15-,24-23-,46-21-,53-51-. The van der Waals surface area contributed by atoms with Crippen molar-refractivity contribution in [1.82, 2.24) is 0 Å². The van der Waals surface area contributed by atoms with Gasteiger partial charge in [0.25, 0.3) is 0 Å². The Morgan fingerprint density at radius 3 is 1.11 bits per heavy atom. The maximum atomic E-state index is 12.8. The number of allylic oxidation sites excluding steroid dienone is 10. The summed E-state index contributed by atoms with van der Waals surface area (Å²) in [7, 11) is 5.91. The fourth-order valence-corrected chi connectivity index (χ4v) is 9.64. The Morgan fingerprint density at radius 2 is 0.722 bits per heavy atom. The zero-order valence-corrected chi connectivity index (χ0v) is 52.5. The molecule has 0 aliphatic rings. The highest BCUT2D eigenvalue weighted by Crippen LogP contribution is 2.18. The number of nitrogens with zero attached hydrogens (tertiary/aromatic N) is 1. The van der Waals surface area contributed by atoms with Crippen molar-refractivity contribution in [3.8, 4) is 0 Å². The van der Waals surface area contributed by atoms with E-state index in [4.69, 9.17) is 18.9 Å². The zero-order valence-electron chi connectivity index (χ0n) is 52.5. The number of ether oxygens (including phenoxy) is 4. The summed E-state index contributed by atoms with van der Waals surface area (Å²) in [5.41, 5.74) is 0. The van der Waals surface area contributed by atoms with E-state index >= 15 is 0 Å². The molecule has 9 nitrogen and oxygen atoms in total. The first-order valence-electron chi connectivity index (χ1n) is 33.4. The van der Waals surface area contributed by atoms with Gasteiger partial charge in [-0.25, -0.2) is 0 Å². The van der Waals surface area contributed by atoms with Gasteiger partial charge in [0.1, 0.15) is 13.2 Å². The van der Waals surface area contributed by atoms with Gasteiger partial charge in [-0.05, 0) is 77.0 Å².